The van der Waals surface area contributed by atoms with Crippen LogP contribution in [0.2, 0.25) is 0 Å². The number of nitrogens with zero attached hydrogens (tertiary/aromatic N) is 4. The van der Waals surface area contributed by atoms with E-state index in [9.17, 15) is 13.9 Å². The first-order chi connectivity index (χ1) is 15.5. The number of hydrogen-bond donors (Lipinski definition) is 3. The van der Waals surface area contributed by atoms with Gasteiger partial charge in [-0.2, -0.15) is 5.10 Å². The average molecular weight is 447 g/mol. The van der Waals surface area contributed by atoms with Crippen LogP contribution in [-0.2, 0) is 6.61 Å². The molecule has 0 unspecified atom stereocenters. The Balaban J connectivity index is 0.000000300. The predicted octanol–water partition coefficient (Wildman–Crippen LogP) is 3.06. The van der Waals surface area contributed by atoms with Crippen LogP contribution in [0.1, 0.15) is 43.0 Å². The van der Waals surface area contributed by atoms with E-state index in [1.54, 1.807) is 24.7 Å². The molecule has 2 fully saturated rings. The number of alkyl halides is 1. The normalized spacial score (nSPS) is 16.5. The van der Waals surface area contributed by atoms with Gasteiger partial charge < -0.3 is 20.5 Å². The van der Waals surface area contributed by atoms with Crippen LogP contribution in [0.3, 0.4) is 0 Å². The topological polar surface area (TPSA) is 96.6 Å². The summed E-state index contributed by atoms with van der Waals surface area (Å²) in [6, 6.07) is 4.70. The summed E-state index contributed by atoms with van der Waals surface area (Å²) in [4.78, 5) is 8.73. The van der Waals surface area contributed by atoms with E-state index >= 15 is 0 Å². The molecular weight excluding hydrogens is 418 g/mol. The summed E-state index contributed by atoms with van der Waals surface area (Å²) in [6.45, 7) is 1.45. The lowest BCUT2D eigenvalue weighted by molar-refractivity contribution is 0.262. The highest BCUT2D eigenvalue weighted by Crippen LogP contribution is 2.43. The lowest BCUT2D eigenvalue weighted by Crippen LogP contribution is -2.28. The molecule has 10 heteroatoms. The fraction of sp³-hybridized carbons (Fsp3) is 0.500. The molecule has 3 aromatic heterocycles. The largest absolute Gasteiger partial charge is 0.495 e. The van der Waals surface area contributed by atoms with Crippen molar-refractivity contribution in [1.82, 2.24) is 24.9 Å². The summed E-state index contributed by atoms with van der Waals surface area (Å²) >= 11 is 0. The molecule has 1 aliphatic carbocycles. The zero-order chi connectivity index (χ0) is 22.7. The Hall–Kier alpha value is -2.85. The molecule has 5 rings (SSSR count). The van der Waals surface area contributed by atoms with E-state index in [0.29, 0.717) is 47.2 Å². The van der Waals surface area contributed by atoms with Crippen LogP contribution in [-0.4, -0.2) is 58.1 Å². The molecule has 3 N–H and O–H groups in total. The SMILES string of the molecule is CNc1nc(-c2c(CO)nc3cc(OC)c(C4CC4)nn23)ccc1F.FC1CCNCC1. The summed E-state index contributed by atoms with van der Waals surface area (Å²) in [5.74, 6) is 0.756. The lowest BCUT2D eigenvalue weighted by atomic mass is 10.1. The van der Waals surface area contributed by atoms with Gasteiger partial charge in [0, 0.05) is 19.0 Å². The van der Waals surface area contributed by atoms with Crippen molar-refractivity contribution in [2.75, 3.05) is 32.6 Å². The van der Waals surface area contributed by atoms with E-state index in [4.69, 9.17) is 9.84 Å². The first kappa shape index (κ1) is 22.3. The summed E-state index contributed by atoms with van der Waals surface area (Å²) in [5, 5.41) is 20.2. The van der Waals surface area contributed by atoms with Crippen LogP contribution in [0.4, 0.5) is 14.6 Å². The zero-order valence-electron chi connectivity index (χ0n) is 18.2. The van der Waals surface area contributed by atoms with Crippen LogP contribution in [0, 0.1) is 5.82 Å². The van der Waals surface area contributed by atoms with Gasteiger partial charge in [-0.3, -0.25) is 0 Å². The van der Waals surface area contributed by atoms with Gasteiger partial charge in [0.05, 0.1) is 25.1 Å². The van der Waals surface area contributed by atoms with Gasteiger partial charge >= 0.3 is 0 Å². The van der Waals surface area contributed by atoms with Gasteiger partial charge in [0.15, 0.2) is 17.3 Å². The van der Waals surface area contributed by atoms with Crippen molar-refractivity contribution in [2.45, 2.75) is 44.4 Å². The summed E-state index contributed by atoms with van der Waals surface area (Å²) in [6.07, 6.45) is 3.04. The van der Waals surface area contributed by atoms with Crippen LogP contribution in [0.15, 0.2) is 18.2 Å². The average Bonchev–Trinajstić information content (AvgIpc) is 3.60. The Morgan fingerprint density at radius 3 is 2.53 bits per heavy atom. The minimum atomic E-state index is -0.527. The molecule has 2 aliphatic rings. The molecule has 0 radical (unpaired) electrons. The smallest absolute Gasteiger partial charge is 0.165 e. The number of nitrogens with one attached hydrogen (secondary N) is 2. The molecule has 0 atom stereocenters. The van der Waals surface area contributed by atoms with Gasteiger partial charge in [-0.05, 0) is 50.9 Å². The van der Waals surface area contributed by atoms with Crippen molar-refractivity contribution in [3.05, 3.63) is 35.4 Å². The van der Waals surface area contributed by atoms with Crippen molar-refractivity contribution in [3.63, 3.8) is 0 Å². The van der Waals surface area contributed by atoms with Crippen LogP contribution >= 0.6 is 0 Å². The number of anilines is 1. The van der Waals surface area contributed by atoms with E-state index in [-0.39, 0.29) is 12.4 Å². The van der Waals surface area contributed by atoms with E-state index < -0.39 is 12.0 Å². The number of imidazole rings is 1. The Morgan fingerprint density at radius 1 is 1.22 bits per heavy atom. The molecule has 0 aromatic carbocycles. The van der Waals surface area contributed by atoms with Gasteiger partial charge in [0.1, 0.15) is 23.3 Å². The number of fused-ring (bicyclic) bond motifs is 1. The minimum Gasteiger partial charge on any atom is -0.495 e. The second-order valence-corrected chi connectivity index (χ2v) is 7.91. The van der Waals surface area contributed by atoms with Gasteiger partial charge in [-0.25, -0.2) is 23.3 Å². The Bertz CT molecular complexity index is 1080. The number of hydrogen-bond acceptors (Lipinski definition) is 7. The molecule has 3 aromatic rings. The molecule has 32 heavy (non-hydrogen) atoms. The highest BCUT2D eigenvalue weighted by Gasteiger charge is 2.30. The second kappa shape index (κ2) is 9.74. The molecule has 1 saturated heterocycles. The number of rotatable bonds is 5. The molecule has 0 amide bonds. The van der Waals surface area contributed by atoms with Gasteiger partial charge in [0.2, 0.25) is 0 Å². The highest BCUT2D eigenvalue weighted by atomic mass is 19.1. The molecule has 4 heterocycles. The van der Waals surface area contributed by atoms with Crippen LogP contribution < -0.4 is 15.4 Å². The van der Waals surface area contributed by atoms with E-state index in [1.165, 1.54) is 6.07 Å². The van der Waals surface area contributed by atoms with Crippen molar-refractivity contribution in [1.29, 1.82) is 0 Å². The van der Waals surface area contributed by atoms with E-state index in [0.717, 1.165) is 31.6 Å². The number of ether oxygens (including phenoxy) is 1. The predicted molar refractivity (Wildman–Crippen MR) is 117 cm³/mol. The van der Waals surface area contributed by atoms with Crippen molar-refractivity contribution in [2.24, 2.45) is 0 Å². The maximum absolute atomic E-state index is 13.8. The first-order valence-electron chi connectivity index (χ1n) is 10.8. The van der Waals surface area contributed by atoms with E-state index in [1.807, 2.05) is 6.07 Å². The van der Waals surface area contributed by atoms with Crippen molar-refractivity contribution >= 4 is 11.5 Å². The molecule has 172 valence electrons. The molecule has 0 bridgehead atoms. The molecular formula is C22H28F2N6O2. The Morgan fingerprint density at radius 2 is 1.97 bits per heavy atom. The fourth-order valence-electron chi connectivity index (χ4n) is 3.72. The molecule has 8 nitrogen and oxygen atoms in total. The van der Waals surface area contributed by atoms with Gasteiger partial charge in [-0.1, -0.05) is 0 Å². The number of piperidine rings is 1. The quantitative estimate of drug-likeness (QED) is 0.554. The van der Waals surface area contributed by atoms with E-state index in [2.05, 4.69) is 20.6 Å². The number of aliphatic hydroxyl groups is 1. The maximum Gasteiger partial charge on any atom is 0.165 e. The molecule has 0 spiro atoms. The van der Waals surface area contributed by atoms with Gasteiger partial charge in [-0.15, -0.1) is 0 Å². The Labute approximate surface area is 185 Å². The maximum atomic E-state index is 13.8. The minimum absolute atomic E-state index is 0.132. The van der Waals surface area contributed by atoms with Gasteiger partial charge in [0.25, 0.3) is 0 Å². The number of pyridine rings is 1. The highest BCUT2D eigenvalue weighted by molar-refractivity contribution is 5.66. The summed E-state index contributed by atoms with van der Waals surface area (Å²) in [5.41, 5.74) is 2.90. The summed E-state index contributed by atoms with van der Waals surface area (Å²) < 4.78 is 33.0. The molecule has 1 saturated carbocycles. The number of halogens is 2. The van der Waals surface area contributed by atoms with Crippen LogP contribution in [0.5, 0.6) is 5.75 Å². The van der Waals surface area contributed by atoms with Crippen LogP contribution in [0.25, 0.3) is 17.0 Å². The fourth-order valence-corrected chi connectivity index (χ4v) is 3.72. The van der Waals surface area contributed by atoms with Crippen molar-refractivity contribution < 1.29 is 18.6 Å². The zero-order valence-corrected chi connectivity index (χ0v) is 18.2. The lowest BCUT2D eigenvalue weighted by Gasteiger charge is -2.14. The first-order valence-corrected chi connectivity index (χ1v) is 10.8. The number of aromatic nitrogens is 4. The molecule has 1 aliphatic heterocycles. The van der Waals surface area contributed by atoms with Crippen molar-refractivity contribution in [3.8, 4) is 17.1 Å². The number of methoxy groups -OCH3 is 1. The third-order valence-corrected chi connectivity index (χ3v) is 5.60. The second-order valence-electron chi connectivity index (χ2n) is 7.91. The summed E-state index contributed by atoms with van der Waals surface area (Å²) in [7, 11) is 3.21. The third kappa shape index (κ3) is 4.66. The monoisotopic (exact) mass is 446 g/mol. The Kier molecular flexibility index (Phi) is 6.80. The number of aliphatic hydroxyl groups excluding tert-OH is 1. The standard InChI is InChI=1S/C17H18FN5O2.C5H10FN/c1-19-17-10(18)5-6-11(21-17)16-12(8-24)20-14-7-13(25-2)15(9-3-4-9)22-23(14)16;6-5-1-3-7-4-2-5/h5-7,9,24H,3-4,8H2,1-2H3,(H,19,21);5,7H,1-4H2. The third-order valence-electron chi connectivity index (χ3n) is 5.60.